The molecule has 2 nitrogen and oxygen atoms in total. The van der Waals surface area contributed by atoms with Crippen LogP contribution in [0.2, 0.25) is 0 Å². The molecule has 1 aromatic rings. The number of hydrogen-bond acceptors (Lipinski definition) is 2. The maximum absolute atomic E-state index is 13.0. The molecule has 0 heterocycles. The van der Waals surface area contributed by atoms with Crippen LogP contribution < -0.4 is 5.73 Å². The normalized spacial score (nSPS) is 13.2. The van der Waals surface area contributed by atoms with Crippen molar-refractivity contribution in [2.75, 3.05) is 13.1 Å². The van der Waals surface area contributed by atoms with Crippen molar-refractivity contribution < 1.29 is 4.39 Å². The molecule has 0 aliphatic rings. The van der Waals surface area contributed by atoms with Crippen molar-refractivity contribution in [2.45, 2.75) is 52.1 Å². The molecule has 0 spiro atoms. The molecule has 0 fully saturated rings. The minimum absolute atomic E-state index is 0.178. The summed E-state index contributed by atoms with van der Waals surface area (Å²) in [6.07, 6.45) is 3.64. The second-order valence-corrected chi connectivity index (χ2v) is 5.34. The number of halogens is 1. The average molecular weight is 266 g/mol. The van der Waals surface area contributed by atoms with Crippen molar-refractivity contribution in [3.63, 3.8) is 0 Å². The molecule has 0 bridgehead atoms. The van der Waals surface area contributed by atoms with Crippen molar-refractivity contribution in [1.29, 1.82) is 0 Å². The lowest BCUT2D eigenvalue weighted by molar-refractivity contribution is 0.154. The van der Waals surface area contributed by atoms with E-state index in [0.29, 0.717) is 12.6 Å². The van der Waals surface area contributed by atoms with Crippen LogP contribution in [0.4, 0.5) is 4.39 Å². The number of unbranched alkanes of at least 4 members (excludes halogenated alkanes) is 2. The Hall–Kier alpha value is -0.930. The van der Waals surface area contributed by atoms with Crippen LogP contribution in [-0.2, 0) is 0 Å². The fourth-order valence-corrected chi connectivity index (χ4v) is 2.47. The monoisotopic (exact) mass is 266 g/mol. The van der Waals surface area contributed by atoms with Gasteiger partial charge in [-0.15, -0.1) is 0 Å². The second-order valence-electron chi connectivity index (χ2n) is 5.34. The highest BCUT2D eigenvalue weighted by Crippen LogP contribution is 2.23. The fourth-order valence-electron chi connectivity index (χ4n) is 2.47. The molecule has 0 aliphatic heterocycles. The van der Waals surface area contributed by atoms with Gasteiger partial charge in [0.05, 0.1) is 0 Å². The van der Waals surface area contributed by atoms with Gasteiger partial charge in [-0.1, -0.05) is 31.9 Å². The smallest absolute Gasteiger partial charge is 0.123 e. The largest absolute Gasteiger partial charge is 0.329 e. The van der Waals surface area contributed by atoms with Gasteiger partial charge in [0.25, 0.3) is 0 Å². The van der Waals surface area contributed by atoms with Crippen LogP contribution in [0.1, 0.15) is 51.6 Å². The Kier molecular flexibility index (Phi) is 7.03. The van der Waals surface area contributed by atoms with Crippen molar-refractivity contribution in [2.24, 2.45) is 5.73 Å². The van der Waals surface area contributed by atoms with E-state index in [2.05, 4.69) is 25.7 Å². The third kappa shape index (κ3) is 4.92. The Morgan fingerprint density at radius 3 is 2.26 bits per heavy atom. The predicted molar refractivity (Wildman–Crippen MR) is 79.6 cm³/mol. The Labute approximate surface area is 116 Å². The molecule has 0 saturated heterocycles. The summed E-state index contributed by atoms with van der Waals surface area (Å²) in [4.78, 5) is 2.42. The van der Waals surface area contributed by atoms with E-state index in [1.807, 2.05) is 12.1 Å². The first-order valence-corrected chi connectivity index (χ1v) is 7.31. The van der Waals surface area contributed by atoms with Gasteiger partial charge in [-0.3, -0.25) is 4.90 Å². The van der Waals surface area contributed by atoms with Crippen molar-refractivity contribution in [1.82, 2.24) is 4.90 Å². The summed E-state index contributed by atoms with van der Waals surface area (Å²) < 4.78 is 13.0. The molecule has 2 N–H and O–H groups in total. The zero-order valence-corrected chi connectivity index (χ0v) is 12.4. The quantitative estimate of drug-likeness (QED) is 0.726. The van der Waals surface area contributed by atoms with E-state index in [1.165, 1.54) is 31.4 Å². The van der Waals surface area contributed by atoms with Gasteiger partial charge in [0, 0.05) is 18.6 Å². The van der Waals surface area contributed by atoms with Gasteiger partial charge in [0.2, 0.25) is 0 Å². The summed E-state index contributed by atoms with van der Waals surface area (Å²) in [6, 6.07) is 7.35. The Morgan fingerprint density at radius 1 is 1.16 bits per heavy atom. The molecule has 1 aromatic carbocycles. The van der Waals surface area contributed by atoms with Gasteiger partial charge in [0.1, 0.15) is 5.82 Å². The van der Waals surface area contributed by atoms with Gasteiger partial charge in [0.15, 0.2) is 0 Å². The first kappa shape index (κ1) is 16.1. The Morgan fingerprint density at radius 2 is 1.79 bits per heavy atom. The van der Waals surface area contributed by atoms with Gasteiger partial charge in [-0.2, -0.15) is 0 Å². The summed E-state index contributed by atoms with van der Waals surface area (Å²) in [7, 11) is 0. The molecule has 3 heteroatoms. The molecule has 0 radical (unpaired) electrons. The SMILES string of the molecule is CCCCCN(C(C)C)C(CN)c1ccc(F)cc1. The maximum Gasteiger partial charge on any atom is 0.123 e. The predicted octanol–water partition coefficient (Wildman–Crippen LogP) is 3.73. The lowest BCUT2D eigenvalue weighted by atomic mass is 10.0. The van der Waals surface area contributed by atoms with E-state index in [-0.39, 0.29) is 11.9 Å². The summed E-state index contributed by atoms with van der Waals surface area (Å²) in [5.74, 6) is -0.193. The van der Waals surface area contributed by atoms with Crippen LogP contribution in [0.25, 0.3) is 0 Å². The maximum atomic E-state index is 13.0. The molecule has 0 aromatic heterocycles. The van der Waals surface area contributed by atoms with E-state index in [9.17, 15) is 4.39 Å². The van der Waals surface area contributed by atoms with Crippen LogP contribution in [0.5, 0.6) is 0 Å². The summed E-state index contributed by atoms with van der Waals surface area (Å²) in [6.45, 7) is 8.21. The Balaban J connectivity index is 2.80. The minimum Gasteiger partial charge on any atom is -0.329 e. The van der Waals surface area contributed by atoms with Crippen LogP contribution in [0.15, 0.2) is 24.3 Å². The van der Waals surface area contributed by atoms with E-state index in [4.69, 9.17) is 5.73 Å². The summed E-state index contributed by atoms with van der Waals surface area (Å²) >= 11 is 0. The topological polar surface area (TPSA) is 29.3 Å². The minimum atomic E-state index is -0.193. The van der Waals surface area contributed by atoms with Crippen LogP contribution in [0, 0.1) is 5.82 Å². The number of rotatable bonds is 8. The summed E-state index contributed by atoms with van der Waals surface area (Å²) in [5, 5.41) is 0. The first-order chi connectivity index (χ1) is 9.10. The molecule has 1 atom stereocenters. The zero-order valence-electron chi connectivity index (χ0n) is 12.4. The van der Waals surface area contributed by atoms with E-state index in [1.54, 1.807) is 0 Å². The van der Waals surface area contributed by atoms with Crippen LogP contribution >= 0.6 is 0 Å². The van der Waals surface area contributed by atoms with Crippen molar-refractivity contribution in [3.8, 4) is 0 Å². The molecule has 0 saturated carbocycles. The van der Waals surface area contributed by atoms with E-state index < -0.39 is 0 Å². The number of benzene rings is 1. The highest BCUT2D eigenvalue weighted by Gasteiger charge is 2.21. The van der Waals surface area contributed by atoms with Crippen LogP contribution in [-0.4, -0.2) is 24.0 Å². The molecular weight excluding hydrogens is 239 g/mol. The van der Waals surface area contributed by atoms with E-state index in [0.717, 1.165) is 12.1 Å². The highest BCUT2D eigenvalue weighted by molar-refractivity contribution is 5.20. The van der Waals surface area contributed by atoms with Gasteiger partial charge >= 0.3 is 0 Å². The second kappa shape index (κ2) is 8.28. The molecule has 1 rings (SSSR count). The van der Waals surface area contributed by atoms with Gasteiger partial charge in [-0.05, 0) is 44.5 Å². The first-order valence-electron chi connectivity index (χ1n) is 7.31. The molecular formula is C16H27FN2. The van der Waals surface area contributed by atoms with Crippen LogP contribution in [0.3, 0.4) is 0 Å². The van der Waals surface area contributed by atoms with Gasteiger partial charge < -0.3 is 5.73 Å². The fraction of sp³-hybridized carbons (Fsp3) is 0.625. The van der Waals surface area contributed by atoms with Gasteiger partial charge in [-0.25, -0.2) is 4.39 Å². The van der Waals surface area contributed by atoms with Crippen molar-refractivity contribution >= 4 is 0 Å². The summed E-state index contributed by atoms with van der Waals surface area (Å²) in [5.41, 5.74) is 7.06. The standard InChI is InChI=1S/C16H27FN2/c1-4-5-6-11-19(13(2)3)16(12-18)14-7-9-15(17)10-8-14/h7-10,13,16H,4-6,11-12,18H2,1-3H3. The number of nitrogens with two attached hydrogens (primary N) is 1. The third-order valence-corrected chi connectivity index (χ3v) is 3.56. The molecule has 0 aliphatic carbocycles. The third-order valence-electron chi connectivity index (χ3n) is 3.56. The number of nitrogens with zero attached hydrogens (tertiary/aromatic N) is 1. The lowest BCUT2D eigenvalue weighted by Gasteiger charge is -2.34. The molecule has 0 amide bonds. The molecule has 19 heavy (non-hydrogen) atoms. The zero-order chi connectivity index (χ0) is 14.3. The van der Waals surface area contributed by atoms with E-state index >= 15 is 0 Å². The van der Waals surface area contributed by atoms with Crippen molar-refractivity contribution in [3.05, 3.63) is 35.6 Å². The Bertz CT molecular complexity index is 348. The molecule has 108 valence electrons. The lowest BCUT2D eigenvalue weighted by Crippen LogP contribution is -2.39. The average Bonchev–Trinajstić information content (AvgIpc) is 2.39. The number of hydrogen-bond donors (Lipinski definition) is 1. The highest BCUT2D eigenvalue weighted by atomic mass is 19.1. The molecule has 1 unspecified atom stereocenters.